The predicted octanol–water partition coefficient (Wildman–Crippen LogP) is 4.14. The smallest absolute Gasteiger partial charge is 0.251 e. The summed E-state index contributed by atoms with van der Waals surface area (Å²) in [5, 5.41) is 13.1. The standard InChI is InChI=1S/C26H25N5O/c1-31(2)17-23-14-21(10-12-28-23)19-4-6-20(7-5-19)26(32)29-11-9-18-3-8-25-24(13-18)22(15-27)16-30-25/h3-8,10,12-14,16,30H,9,11,17H2,1-2H3,(H,29,32). The lowest BCUT2D eigenvalue weighted by atomic mass is 10.0. The average molecular weight is 424 g/mol. The van der Waals surface area contributed by atoms with Gasteiger partial charge in [-0.1, -0.05) is 18.2 Å². The zero-order valence-electron chi connectivity index (χ0n) is 18.2. The van der Waals surface area contributed by atoms with Crippen LogP contribution in [0.2, 0.25) is 0 Å². The highest BCUT2D eigenvalue weighted by molar-refractivity contribution is 5.94. The molecule has 0 bridgehead atoms. The number of nitriles is 1. The third-order valence-corrected chi connectivity index (χ3v) is 5.34. The Morgan fingerprint density at radius 2 is 1.91 bits per heavy atom. The summed E-state index contributed by atoms with van der Waals surface area (Å²) in [6, 6.07) is 19.9. The van der Waals surface area contributed by atoms with Gasteiger partial charge in [0.1, 0.15) is 6.07 Å². The molecule has 2 N–H and O–H groups in total. The molecule has 160 valence electrons. The van der Waals surface area contributed by atoms with Gasteiger partial charge in [-0.3, -0.25) is 9.78 Å². The van der Waals surface area contributed by atoms with E-state index in [4.69, 9.17) is 0 Å². The van der Waals surface area contributed by atoms with Gasteiger partial charge in [0.25, 0.3) is 5.91 Å². The molecule has 6 heteroatoms. The summed E-state index contributed by atoms with van der Waals surface area (Å²) in [5.41, 5.74) is 6.43. The fourth-order valence-corrected chi connectivity index (χ4v) is 3.72. The number of carbonyl (C=O) groups excluding carboxylic acids is 1. The molecule has 32 heavy (non-hydrogen) atoms. The molecule has 0 aliphatic carbocycles. The number of rotatable bonds is 7. The van der Waals surface area contributed by atoms with Gasteiger partial charge in [-0.15, -0.1) is 0 Å². The maximum Gasteiger partial charge on any atom is 0.251 e. The molecular formula is C26H25N5O. The van der Waals surface area contributed by atoms with Crippen LogP contribution in [-0.2, 0) is 13.0 Å². The Hall–Kier alpha value is -3.95. The summed E-state index contributed by atoms with van der Waals surface area (Å²) in [5.74, 6) is -0.0972. The molecule has 2 heterocycles. The van der Waals surface area contributed by atoms with Gasteiger partial charge < -0.3 is 15.2 Å². The van der Waals surface area contributed by atoms with Crippen molar-refractivity contribution in [3.63, 3.8) is 0 Å². The SMILES string of the molecule is CN(C)Cc1cc(-c2ccc(C(=O)NCCc3ccc4[nH]cc(C#N)c4c3)cc2)ccn1. The van der Waals surface area contributed by atoms with Crippen LogP contribution in [0.5, 0.6) is 0 Å². The lowest BCUT2D eigenvalue weighted by Crippen LogP contribution is -2.25. The second kappa shape index (κ2) is 9.46. The lowest BCUT2D eigenvalue weighted by Gasteiger charge is -2.10. The van der Waals surface area contributed by atoms with Crippen molar-refractivity contribution in [2.45, 2.75) is 13.0 Å². The van der Waals surface area contributed by atoms with E-state index in [1.807, 2.05) is 68.8 Å². The largest absolute Gasteiger partial charge is 0.360 e. The van der Waals surface area contributed by atoms with Gasteiger partial charge >= 0.3 is 0 Å². The molecule has 0 spiro atoms. The van der Waals surface area contributed by atoms with Gasteiger partial charge in [-0.05, 0) is 73.6 Å². The van der Waals surface area contributed by atoms with Crippen LogP contribution in [0.15, 0.2) is 67.0 Å². The highest BCUT2D eigenvalue weighted by atomic mass is 16.1. The van der Waals surface area contributed by atoms with Crippen LogP contribution in [0.25, 0.3) is 22.0 Å². The number of pyridine rings is 1. The molecule has 0 fully saturated rings. The molecule has 0 atom stereocenters. The first-order valence-corrected chi connectivity index (χ1v) is 10.5. The molecule has 4 rings (SSSR count). The predicted molar refractivity (Wildman–Crippen MR) is 126 cm³/mol. The maximum atomic E-state index is 12.6. The Morgan fingerprint density at radius 3 is 2.66 bits per heavy atom. The van der Waals surface area contributed by atoms with Crippen LogP contribution in [0.4, 0.5) is 0 Å². The highest BCUT2D eigenvalue weighted by Gasteiger charge is 2.08. The number of amides is 1. The molecule has 0 saturated carbocycles. The van der Waals surface area contributed by atoms with E-state index >= 15 is 0 Å². The van der Waals surface area contributed by atoms with Gasteiger partial charge in [-0.2, -0.15) is 5.26 Å². The van der Waals surface area contributed by atoms with Crippen molar-refractivity contribution in [1.82, 2.24) is 20.2 Å². The second-order valence-electron chi connectivity index (χ2n) is 8.05. The van der Waals surface area contributed by atoms with Crippen molar-refractivity contribution in [2.24, 2.45) is 0 Å². The van der Waals surface area contributed by atoms with Crippen molar-refractivity contribution in [2.75, 3.05) is 20.6 Å². The Morgan fingerprint density at radius 1 is 1.09 bits per heavy atom. The van der Waals surface area contributed by atoms with Crippen molar-refractivity contribution >= 4 is 16.8 Å². The van der Waals surface area contributed by atoms with E-state index in [-0.39, 0.29) is 5.91 Å². The minimum Gasteiger partial charge on any atom is -0.360 e. The first-order valence-electron chi connectivity index (χ1n) is 10.5. The van der Waals surface area contributed by atoms with Crippen LogP contribution in [-0.4, -0.2) is 41.4 Å². The zero-order chi connectivity index (χ0) is 22.5. The lowest BCUT2D eigenvalue weighted by molar-refractivity contribution is 0.0954. The van der Waals surface area contributed by atoms with Gasteiger partial charge in [0.2, 0.25) is 0 Å². The molecule has 2 aromatic heterocycles. The highest BCUT2D eigenvalue weighted by Crippen LogP contribution is 2.21. The molecule has 0 radical (unpaired) electrons. The Bertz CT molecular complexity index is 1280. The van der Waals surface area contributed by atoms with Crippen molar-refractivity contribution in [1.29, 1.82) is 5.26 Å². The first kappa shape index (κ1) is 21.3. The number of hydrogen-bond donors (Lipinski definition) is 2. The molecule has 6 nitrogen and oxygen atoms in total. The van der Waals surface area contributed by atoms with E-state index in [2.05, 4.69) is 32.3 Å². The van der Waals surface area contributed by atoms with Crippen molar-refractivity contribution < 1.29 is 4.79 Å². The van der Waals surface area contributed by atoms with E-state index in [0.717, 1.165) is 39.8 Å². The number of aromatic nitrogens is 2. The van der Waals surface area contributed by atoms with E-state index in [1.165, 1.54) is 0 Å². The van der Waals surface area contributed by atoms with Crippen molar-refractivity contribution in [3.05, 3.63) is 89.4 Å². The van der Waals surface area contributed by atoms with E-state index in [9.17, 15) is 10.1 Å². The van der Waals surface area contributed by atoms with Gasteiger partial charge in [0, 0.05) is 41.9 Å². The third-order valence-electron chi connectivity index (χ3n) is 5.34. The molecular weight excluding hydrogens is 398 g/mol. The number of fused-ring (bicyclic) bond motifs is 1. The van der Waals surface area contributed by atoms with E-state index in [0.29, 0.717) is 24.1 Å². The molecule has 2 aromatic carbocycles. The minimum atomic E-state index is -0.0972. The Kier molecular flexibility index (Phi) is 6.29. The molecule has 0 aliphatic rings. The molecule has 0 saturated heterocycles. The maximum absolute atomic E-state index is 12.6. The normalized spacial score (nSPS) is 10.9. The zero-order valence-corrected chi connectivity index (χ0v) is 18.2. The minimum absolute atomic E-state index is 0.0972. The van der Waals surface area contributed by atoms with Crippen LogP contribution < -0.4 is 5.32 Å². The van der Waals surface area contributed by atoms with Crippen LogP contribution >= 0.6 is 0 Å². The quantitative estimate of drug-likeness (QED) is 0.468. The molecule has 4 aromatic rings. The number of H-pyrrole nitrogens is 1. The number of benzene rings is 2. The first-order chi connectivity index (χ1) is 15.5. The van der Waals surface area contributed by atoms with Gasteiger partial charge in [-0.25, -0.2) is 0 Å². The van der Waals surface area contributed by atoms with E-state index in [1.54, 1.807) is 6.20 Å². The fraction of sp³-hybridized carbons (Fsp3) is 0.192. The van der Waals surface area contributed by atoms with Gasteiger partial charge in [0.05, 0.1) is 11.3 Å². The molecule has 1 amide bonds. The monoisotopic (exact) mass is 423 g/mol. The Labute approximate surface area is 187 Å². The summed E-state index contributed by atoms with van der Waals surface area (Å²) in [6.45, 7) is 1.31. The Balaban J connectivity index is 1.37. The van der Waals surface area contributed by atoms with Crippen LogP contribution in [0.1, 0.15) is 27.2 Å². The topological polar surface area (TPSA) is 84.8 Å². The van der Waals surface area contributed by atoms with E-state index < -0.39 is 0 Å². The number of hydrogen-bond acceptors (Lipinski definition) is 4. The van der Waals surface area contributed by atoms with Gasteiger partial charge in [0.15, 0.2) is 0 Å². The summed E-state index contributed by atoms with van der Waals surface area (Å²) in [6.07, 6.45) is 4.23. The second-order valence-corrected chi connectivity index (χ2v) is 8.05. The summed E-state index contributed by atoms with van der Waals surface area (Å²) < 4.78 is 0. The van der Waals surface area contributed by atoms with Crippen molar-refractivity contribution in [3.8, 4) is 17.2 Å². The number of nitrogens with zero attached hydrogens (tertiary/aromatic N) is 3. The summed E-state index contributed by atoms with van der Waals surface area (Å²) >= 11 is 0. The number of carbonyl (C=O) groups is 1. The van der Waals surface area contributed by atoms with Crippen LogP contribution in [0.3, 0.4) is 0 Å². The number of nitrogens with one attached hydrogen (secondary N) is 2. The molecule has 0 unspecified atom stereocenters. The third kappa shape index (κ3) is 4.85. The number of aromatic amines is 1. The fourth-order valence-electron chi connectivity index (χ4n) is 3.72. The summed E-state index contributed by atoms with van der Waals surface area (Å²) in [4.78, 5) is 22.1. The summed E-state index contributed by atoms with van der Waals surface area (Å²) in [7, 11) is 4.04. The average Bonchev–Trinajstić information content (AvgIpc) is 3.21. The molecule has 0 aliphatic heterocycles. The van der Waals surface area contributed by atoms with Crippen LogP contribution in [0, 0.1) is 11.3 Å².